The standard InChI is InChI=1S/C19H20FNO3/c1-4-23-18-9-14-7-12(3)24-17(14)10-16(18)21-19(22)13-6-5-11(2)15(20)8-13/h5-6,8-10,12H,4,7H2,1-3H3,(H,21,22). The summed E-state index contributed by atoms with van der Waals surface area (Å²) in [6, 6.07) is 8.08. The molecule has 0 fully saturated rings. The molecule has 4 nitrogen and oxygen atoms in total. The largest absolute Gasteiger partial charge is 0.492 e. The molecule has 1 aliphatic rings. The van der Waals surface area contributed by atoms with Gasteiger partial charge in [0.05, 0.1) is 12.3 Å². The van der Waals surface area contributed by atoms with E-state index in [2.05, 4.69) is 5.32 Å². The van der Waals surface area contributed by atoms with Crippen molar-refractivity contribution >= 4 is 11.6 Å². The molecule has 1 amide bonds. The molecular weight excluding hydrogens is 309 g/mol. The van der Waals surface area contributed by atoms with Gasteiger partial charge in [-0.15, -0.1) is 0 Å². The highest BCUT2D eigenvalue weighted by Crippen LogP contribution is 2.38. The van der Waals surface area contributed by atoms with Crippen LogP contribution in [0, 0.1) is 12.7 Å². The predicted molar refractivity (Wildman–Crippen MR) is 90.5 cm³/mol. The summed E-state index contributed by atoms with van der Waals surface area (Å²) >= 11 is 0. The Bertz CT molecular complexity index is 788. The zero-order valence-electron chi connectivity index (χ0n) is 14.0. The predicted octanol–water partition coefficient (Wildman–Crippen LogP) is 4.11. The Morgan fingerprint density at radius 2 is 2.17 bits per heavy atom. The third kappa shape index (κ3) is 3.20. The van der Waals surface area contributed by atoms with Crippen LogP contribution < -0.4 is 14.8 Å². The lowest BCUT2D eigenvalue weighted by Crippen LogP contribution is -2.13. The van der Waals surface area contributed by atoms with E-state index < -0.39 is 5.82 Å². The van der Waals surface area contributed by atoms with Crippen LogP contribution in [0.3, 0.4) is 0 Å². The molecule has 0 radical (unpaired) electrons. The van der Waals surface area contributed by atoms with Crippen molar-refractivity contribution in [2.24, 2.45) is 0 Å². The minimum absolute atomic E-state index is 0.103. The van der Waals surface area contributed by atoms with Crippen molar-refractivity contribution in [2.75, 3.05) is 11.9 Å². The van der Waals surface area contributed by atoms with Crippen molar-refractivity contribution in [3.63, 3.8) is 0 Å². The molecule has 5 heteroatoms. The van der Waals surface area contributed by atoms with Crippen LogP contribution in [-0.2, 0) is 6.42 Å². The lowest BCUT2D eigenvalue weighted by atomic mass is 10.1. The number of amides is 1. The van der Waals surface area contributed by atoms with E-state index in [0.29, 0.717) is 23.6 Å². The topological polar surface area (TPSA) is 47.6 Å². The molecule has 0 aromatic heterocycles. The highest BCUT2D eigenvalue weighted by molar-refractivity contribution is 6.05. The summed E-state index contributed by atoms with van der Waals surface area (Å²) < 4.78 is 25.0. The first-order valence-corrected chi connectivity index (χ1v) is 8.01. The molecule has 1 heterocycles. The maximum Gasteiger partial charge on any atom is 0.255 e. The molecule has 126 valence electrons. The monoisotopic (exact) mass is 329 g/mol. The zero-order valence-corrected chi connectivity index (χ0v) is 14.0. The Hall–Kier alpha value is -2.56. The first-order chi connectivity index (χ1) is 11.5. The summed E-state index contributed by atoms with van der Waals surface area (Å²) in [5.74, 6) is 0.547. The molecule has 0 saturated carbocycles. The van der Waals surface area contributed by atoms with E-state index in [-0.39, 0.29) is 17.6 Å². The number of aryl methyl sites for hydroxylation is 1. The van der Waals surface area contributed by atoms with E-state index in [1.54, 1.807) is 25.1 Å². The minimum Gasteiger partial charge on any atom is -0.492 e. The molecule has 1 aliphatic heterocycles. The Labute approximate surface area is 140 Å². The molecule has 1 atom stereocenters. The second-order valence-corrected chi connectivity index (χ2v) is 5.94. The van der Waals surface area contributed by atoms with Gasteiger partial charge in [0.15, 0.2) is 0 Å². The lowest BCUT2D eigenvalue weighted by Gasteiger charge is -2.14. The fourth-order valence-corrected chi connectivity index (χ4v) is 2.74. The summed E-state index contributed by atoms with van der Waals surface area (Å²) in [7, 11) is 0. The molecule has 2 aromatic rings. The normalized spacial score (nSPS) is 15.6. The number of benzene rings is 2. The number of carbonyl (C=O) groups is 1. The molecule has 3 rings (SSSR count). The molecule has 0 saturated heterocycles. The maximum absolute atomic E-state index is 13.7. The van der Waals surface area contributed by atoms with Gasteiger partial charge in [-0.25, -0.2) is 4.39 Å². The average molecular weight is 329 g/mol. The van der Waals surface area contributed by atoms with E-state index in [4.69, 9.17) is 9.47 Å². The van der Waals surface area contributed by atoms with Gasteiger partial charge in [0.2, 0.25) is 0 Å². The second-order valence-electron chi connectivity index (χ2n) is 5.94. The van der Waals surface area contributed by atoms with E-state index in [0.717, 1.165) is 17.7 Å². The Balaban J connectivity index is 1.89. The Kier molecular flexibility index (Phi) is 4.42. The smallest absolute Gasteiger partial charge is 0.255 e. The van der Waals surface area contributed by atoms with Crippen molar-refractivity contribution in [1.82, 2.24) is 0 Å². The maximum atomic E-state index is 13.7. The number of halogens is 1. The van der Waals surface area contributed by atoms with Crippen LogP contribution in [0.25, 0.3) is 0 Å². The number of hydrogen-bond donors (Lipinski definition) is 1. The Morgan fingerprint density at radius 1 is 1.38 bits per heavy atom. The summed E-state index contributed by atoms with van der Waals surface area (Å²) in [6.07, 6.45) is 0.916. The number of rotatable bonds is 4. The molecule has 1 unspecified atom stereocenters. The van der Waals surface area contributed by atoms with Crippen LogP contribution >= 0.6 is 0 Å². The van der Waals surface area contributed by atoms with Gasteiger partial charge in [-0.2, -0.15) is 0 Å². The summed E-state index contributed by atoms with van der Waals surface area (Å²) in [5.41, 5.74) is 2.35. The van der Waals surface area contributed by atoms with Crippen LogP contribution in [0.5, 0.6) is 11.5 Å². The summed E-state index contributed by atoms with van der Waals surface area (Å²) in [4.78, 5) is 12.4. The van der Waals surface area contributed by atoms with Gasteiger partial charge in [0.1, 0.15) is 23.4 Å². The van der Waals surface area contributed by atoms with Crippen LogP contribution in [-0.4, -0.2) is 18.6 Å². The van der Waals surface area contributed by atoms with Crippen LogP contribution in [0.1, 0.15) is 35.3 Å². The molecule has 24 heavy (non-hydrogen) atoms. The zero-order chi connectivity index (χ0) is 17.3. The first kappa shape index (κ1) is 16.3. The van der Waals surface area contributed by atoms with Crippen molar-refractivity contribution in [3.8, 4) is 11.5 Å². The van der Waals surface area contributed by atoms with Gasteiger partial charge >= 0.3 is 0 Å². The highest BCUT2D eigenvalue weighted by atomic mass is 19.1. The Morgan fingerprint density at radius 3 is 2.88 bits per heavy atom. The van der Waals surface area contributed by atoms with Gasteiger partial charge < -0.3 is 14.8 Å². The van der Waals surface area contributed by atoms with E-state index >= 15 is 0 Å². The lowest BCUT2D eigenvalue weighted by molar-refractivity contribution is 0.102. The van der Waals surface area contributed by atoms with Crippen molar-refractivity contribution in [3.05, 3.63) is 52.8 Å². The number of fused-ring (bicyclic) bond motifs is 1. The van der Waals surface area contributed by atoms with Crippen molar-refractivity contribution in [1.29, 1.82) is 0 Å². The van der Waals surface area contributed by atoms with Crippen molar-refractivity contribution < 1.29 is 18.7 Å². The van der Waals surface area contributed by atoms with Gasteiger partial charge in [-0.3, -0.25) is 4.79 Å². The number of ether oxygens (including phenoxy) is 2. The SMILES string of the molecule is CCOc1cc2c(cc1NC(=O)c1ccc(C)c(F)c1)OC(C)C2. The molecule has 1 N–H and O–H groups in total. The minimum atomic E-state index is -0.404. The molecule has 0 bridgehead atoms. The van der Waals surface area contributed by atoms with Gasteiger partial charge in [-0.05, 0) is 44.5 Å². The van der Waals surface area contributed by atoms with Gasteiger partial charge in [0, 0.05) is 23.6 Å². The number of carbonyl (C=O) groups excluding carboxylic acids is 1. The third-order valence-corrected chi connectivity index (χ3v) is 3.98. The fraction of sp³-hybridized carbons (Fsp3) is 0.316. The third-order valence-electron chi connectivity index (χ3n) is 3.98. The number of hydrogen-bond acceptors (Lipinski definition) is 3. The highest BCUT2D eigenvalue weighted by Gasteiger charge is 2.23. The molecular formula is C19H20FNO3. The van der Waals surface area contributed by atoms with Crippen molar-refractivity contribution in [2.45, 2.75) is 33.3 Å². The van der Waals surface area contributed by atoms with Crippen LogP contribution in [0.15, 0.2) is 30.3 Å². The van der Waals surface area contributed by atoms with E-state index in [1.165, 1.54) is 6.07 Å². The quantitative estimate of drug-likeness (QED) is 0.918. The molecule has 0 aliphatic carbocycles. The first-order valence-electron chi connectivity index (χ1n) is 8.01. The van der Waals surface area contributed by atoms with Crippen LogP contribution in [0.2, 0.25) is 0 Å². The summed E-state index contributed by atoms with van der Waals surface area (Å²) in [6.45, 7) is 6.02. The fourth-order valence-electron chi connectivity index (χ4n) is 2.74. The summed E-state index contributed by atoms with van der Waals surface area (Å²) in [5, 5.41) is 2.79. The number of anilines is 1. The van der Waals surface area contributed by atoms with Gasteiger partial charge in [0.25, 0.3) is 5.91 Å². The van der Waals surface area contributed by atoms with E-state index in [1.807, 2.05) is 19.9 Å². The van der Waals surface area contributed by atoms with Crippen LogP contribution in [0.4, 0.5) is 10.1 Å². The molecule has 2 aromatic carbocycles. The van der Waals surface area contributed by atoms with E-state index in [9.17, 15) is 9.18 Å². The second kappa shape index (κ2) is 6.51. The average Bonchev–Trinajstić information content (AvgIpc) is 2.89. The number of nitrogens with one attached hydrogen (secondary N) is 1. The molecule has 0 spiro atoms. The van der Waals surface area contributed by atoms with Gasteiger partial charge in [-0.1, -0.05) is 6.07 Å².